The molecule has 23 heavy (non-hydrogen) atoms. The van der Waals surface area contributed by atoms with Crippen molar-refractivity contribution in [3.8, 4) is 0 Å². The Balaban J connectivity index is 1.60. The lowest BCUT2D eigenvalue weighted by molar-refractivity contribution is -0.0597. The molecular formula is C20H25N3. The van der Waals surface area contributed by atoms with Crippen LogP contribution >= 0.6 is 0 Å². The number of aromatic nitrogens is 2. The first-order valence-electron chi connectivity index (χ1n) is 8.75. The normalized spacial score (nSPS) is 23.1. The van der Waals surface area contributed by atoms with E-state index in [0.717, 1.165) is 13.1 Å². The summed E-state index contributed by atoms with van der Waals surface area (Å²) in [7, 11) is 0. The third-order valence-electron chi connectivity index (χ3n) is 5.46. The number of hydrogen-bond acceptors (Lipinski definition) is 3. The van der Waals surface area contributed by atoms with E-state index in [1.807, 2.05) is 18.6 Å². The van der Waals surface area contributed by atoms with Crippen molar-refractivity contribution in [3.05, 3.63) is 59.2 Å². The van der Waals surface area contributed by atoms with E-state index in [9.17, 15) is 0 Å². The number of fused-ring (bicyclic) bond motifs is 1. The van der Waals surface area contributed by atoms with Gasteiger partial charge in [0.05, 0.1) is 5.69 Å². The minimum absolute atomic E-state index is 0.316. The predicted octanol–water partition coefficient (Wildman–Crippen LogP) is 3.94. The van der Waals surface area contributed by atoms with Gasteiger partial charge in [-0.3, -0.25) is 14.9 Å². The smallest absolute Gasteiger partial charge is 0.0578 e. The van der Waals surface area contributed by atoms with Crippen LogP contribution in [0, 0.1) is 5.41 Å². The predicted molar refractivity (Wildman–Crippen MR) is 92.0 cm³/mol. The van der Waals surface area contributed by atoms with Crippen molar-refractivity contribution in [2.45, 2.75) is 52.1 Å². The van der Waals surface area contributed by atoms with Crippen LogP contribution in [-0.2, 0) is 19.4 Å². The number of rotatable bonds is 3. The van der Waals surface area contributed by atoms with E-state index in [1.54, 1.807) is 0 Å². The van der Waals surface area contributed by atoms with Gasteiger partial charge in [0.1, 0.15) is 0 Å². The minimum atomic E-state index is 0.316. The summed E-state index contributed by atoms with van der Waals surface area (Å²) in [6.07, 6.45) is 10.9. The van der Waals surface area contributed by atoms with Crippen LogP contribution in [0.3, 0.4) is 0 Å². The molecule has 4 rings (SSSR count). The van der Waals surface area contributed by atoms with Gasteiger partial charge < -0.3 is 0 Å². The first kappa shape index (κ1) is 14.8. The Morgan fingerprint density at radius 2 is 1.87 bits per heavy atom. The monoisotopic (exact) mass is 307 g/mol. The van der Waals surface area contributed by atoms with E-state index < -0.39 is 0 Å². The van der Waals surface area contributed by atoms with Crippen molar-refractivity contribution in [2.75, 3.05) is 6.54 Å². The fraction of sp³-hybridized carbons (Fsp3) is 0.500. The van der Waals surface area contributed by atoms with Crippen LogP contribution in [0.5, 0.6) is 0 Å². The Morgan fingerprint density at radius 1 is 1.09 bits per heavy atom. The Labute approximate surface area is 138 Å². The summed E-state index contributed by atoms with van der Waals surface area (Å²) in [5, 5.41) is 0. The SMILES string of the molecule is CC1(C)CN(Cc2nccc3c2CCCC3)C1c1ccncc1. The molecule has 0 saturated carbocycles. The molecule has 1 aliphatic carbocycles. The molecule has 0 spiro atoms. The zero-order valence-corrected chi connectivity index (χ0v) is 14.1. The lowest BCUT2D eigenvalue weighted by Crippen LogP contribution is -2.55. The Kier molecular flexibility index (Phi) is 3.68. The van der Waals surface area contributed by atoms with Crippen LogP contribution < -0.4 is 0 Å². The zero-order chi connectivity index (χ0) is 15.9. The summed E-state index contributed by atoms with van der Waals surface area (Å²) >= 11 is 0. The molecular weight excluding hydrogens is 282 g/mol. The first-order valence-corrected chi connectivity index (χ1v) is 8.75. The molecule has 120 valence electrons. The molecule has 1 fully saturated rings. The molecule has 3 nitrogen and oxygen atoms in total. The second-order valence-corrected chi connectivity index (χ2v) is 7.68. The van der Waals surface area contributed by atoms with E-state index in [1.165, 1.54) is 48.1 Å². The summed E-state index contributed by atoms with van der Waals surface area (Å²) in [5.41, 5.74) is 6.05. The summed E-state index contributed by atoms with van der Waals surface area (Å²) < 4.78 is 0. The van der Waals surface area contributed by atoms with Crippen LogP contribution in [0.15, 0.2) is 36.8 Å². The van der Waals surface area contributed by atoms with E-state index >= 15 is 0 Å². The van der Waals surface area contributed by atoms with Gasteiger partial charge in [-0.25, -0.2) is 0 Å². The van der Waals surface area contributed by atoms with Gasteiger partial charge in [0.15, 0.2) is 0 Å². The number of aryl methyl sites for hydroxylation is 1. The number of pyridine rings is 2. The maximum Gasteiger partial charge on any atom is 0.0578 e. The lowest BCUT2D eigenvalue weighted by Gasteiger charge is -2.54. The molecule has 3 heterocycles. The van der Waals surface area contributed by atoms with Crippen molar-refractivity contribution in [2.24, 2.45) is 5.41 Å². The van der Waals surface area contributed by atoms with Crippen molar-refractivity contribution < 1.29 is 0 Å². The van der Waals surface area contributed by atoms with Gasteiger partial charge in [-0.15, -0.1) is 0 Å². The van der Waals surface area contributed by atoms with E-state index in [0.29, 0.717) is 11.5 Å². The lowest BCUT2D eigenvalue weighted by atomic mass is 9.71. The summed E-state index contributed by atoms with van der Waals surface area (Å²) in [4.78, 5) is 11.5. The summed E-state index contributed by atoms with van der Waals surface area (Å²) in [5.74, 6) is 0. The minimum Gasteiger partial charge on any atom is -0.289 e. The van der Waals surface area contributed by atoms with Crippen molar-refractivity contribution in [3.63, 3.8) is 0 Å². The van der Waals surface area contributed by atoms with Gasteiger partial charge in [0.25, 0.3) is 0 Å². The second kappa shape index (κ2) is 5.72. The molecule has 1 aliphatic heterocycles. The molecule has 2 aromatic rings. The number of likely N-dealkylation sites (tertiary alicyclic amines) is 1. The Bertz CT molecular complexity index is 693. The van der Waals surface area contributed by atoms with Crippen molar-refractivity contribution >= 4 is 0 Å². The Morgan fingerprint density at radius 3 is 2.65 bits per heavy atom. The second-order valence-electron chi connectivity index (χ2n) is 7.68. The molecule has 2 aromatic heterocycles. The maximum absolute atomic E-state index is 4.74. The molecule has 2 aliphatic rings. The molecule has 0 aromatic carbocycles. The molecule has 1 saturated heterocycles. The van der Waals surface area contributed by atoms with Gasteiger partial charge in [0, 0.05) is 37.7 Å². The van der Waals surface area contributed by atoms with Gasteiger partial charge in [-0.1, -0.05) is 13.8 Å². The fourth-order valence-corrected chi connectivity index (χ4v) is 4.50. The summed E-state index contributed by atoms with van der Waals surface area (Å²) in [6.45, 7) is 6.83. The van der Waals surface area contributed by atoms with Crippen molar-refractivity contribution in [1.29, 1.82) is 0 Å². The molecule has 3 heteroatoms. The highest BCUT2D eigenvalue weighted by Crippen LogP contribution is 2.48. The van der Waals surface area contributed by atoms with Crippen LogP contribution in [0.2, 0.25) is 0 Å². The highest BCUT2D eigenvalue weighted by Gasteiger charge is 2.46. The van der Waals surface area contributed by atoms with E-state index in [4.69, 9.17) is 4.98 Å². The molecule has 0 bridgehead atoms. The zero-order valence-electron chi connectivity index (χ0n) is 14.1. The molecule has 1 atom stereocenters. The average Bonchev–Trinajstić information content (AvgIpc) is 2.55. The molecule has 0 amide bonds. The van der Waals surface area contributed by atoms with Crippen LogP contribution in [0.4, 0.5) is 0 Å². The van der Waals surface area contributed by atoms with Crippen LogP contribution in [0.1, 0.15) is 55.1 Å². The average molecular weight is 307 g/mol. The van der Waals surface area contributed by atoms with Gasteiger partial charge in [0.2, 0.25) is 0 Å². The quantitative estimate of drug-likeness (QED) is 0.860. The highest BCUT2D eigenvalue weighted by molar-refractivity contribution is 5.33. The maximum atomic E-state index is 4.74. The molecule has 0 radical (unpaired) electrons. The third-order valence-corrected chi connectivity index (χ3v) is 5.46. The van der Waals surface area contributed by atoms with Gasteiger partial charge in [-0.05, 0) is 66.0 Å². The third kappa shape index (κ3) is 2.67. The van der Waals surface area contributed by atoms with Gasteiger partial charge in [-0.2, -0.15) is 0 Å². The molecule has 1 unspecified atom stereocenters. The number of nitrogens with zero attached hydrogens (tertiary/aromatic N) is 3. The van der Waals surface area contributed by atoms with E-state index in [-0.39, 0.29) is 0 Å². The molecule has 0 N–H and O–H groups in total. The Hall–Kier alpha value is -1.74. The van der Waals surface area contributed by atoms with Crippen LogP contribution in [-0.4, -0.2) is 21.4 Å². The first-order chi connectivity index (χ1) is 11.1. The summed E-state index contributed by atoms with van der Waals surface area (Å²) in [6, 6.07) is 7.00. The van der Waals surface area contributed by atoms with E-state index in [2.05, 4.69) is 41.9 Å². The van der Waals surface area contributed by atoms with Crippen molar-refractivity contribution in [1.82, 2.24) is 14.9 Å². The largest absolute Gasteiger partial charge is 0.289 e. The van der Waals surface area contributed by atoms with Crippen LogP contribution in [0.25, 0.3) is 0 Å². The number of hydrogen-bond donors (Lipinski definition) is 0. The topological polar surface area (TPSA) is 29.0 Å². The fourth-order valence-electron chi connectivity index (χ4n) is 4.50. The highest BCUT2D eigenvalue weighted by atomic mass is 15.2. The standard InChI is InChI=1S/C20H25N3/c1-20(2)14-23(19(20)16-7-10-21-11-8-16)13-18-17-6-4-3-5-15(17)9-12-22-18/h7-12,19H,3-6,13-14H2,1-2H3. The van der Waals surface area contributed by atoms with Gasteiger partial charge >= 0.3 is 0 Å².